The Morgan fingerprint density at radius 1 is 1.60 bits per heavy atom. The summed E-state index contributed by atoms with van der Waals surface area (Å²) in [5.74, 6) is 0. The van der Waals surface area contributed by atoms with Crippen molar-refractivity contribution >= 4 is 6.21 Å². The van der Waals surface area contributed by atoms with E-state index in [1.165, 1.54) is 0 Å². The van der Waals surface area contributed by atoms with Gasteiger partial charge in [-0.05, 0) is 20.8 Å². The maximum atomic E-state index is 8.43. The van der Waals surface area contributed by atoms with E-state index in [1.54, 1.807) is 12.3 Å². The third-order valence-corrected chi connectivity index (χ3v) is 0.952. The molecule has 0 aromatic rings. The number of nitriles is 1. The van der Waals surface area contributed by atoms with E-state index >= 15 is 0 Å². The van der Waals surface area contributed by atoms with Crippen LogP contribution in [0.25, 0.3) is 0 Å². The molecule has 2 heteroatoms. The molecule has 0 rings (SSSR count). The average molecular weight is 136 g/mol. The predicted molar refractivity (Wildman–Crippen MR) is 43.0 cm³/mol. The van der Waals surface area contributed by atoms with Crippen molar-refractivity contribution in [1.29, 1.82) is 5.26 Å². The van der Waals surface area contributed by atoms with Crippen molar-refractivity contribution < 1.29 is 0 Å². The highest BCUT2D eigenvalue weighted by atomic mass is 14.7. The van der Waals surface area contributed by atoms with Gasteiger partial charge in [0.15, 0.2) is 0 Å². The molecule has 0 saturated carbocycles. The van der Waals surface area contributed by atoms with Crippen molar-refractivity contribution in [2.45, 2.75) is 26.8 Å². The molecule has 2 nitrogen and oxygen atoms in total. The van der Waals surface area contributed by atoms with Gasteiger partial charge in [0.05, 0.1) is 5.57 Å². The van der Waals surface area contributed by atoms with Crippen molar-refractivity contribution in [3.63, 3.8) is 0 Å². The van der Waals surface area contributed by atoms with Crippen LogP contribution in [0, 0.1) is 11.3 Å². The lowest BCUT2D eigenvalue weighted by atomic mass is 10.3. The van der Waals surface area contributed by atoms with Gasteiger partial charge >= 0.3 is 0 Å². The fraction of sp³-hybridized carbons (Fsp3) is 0.500. The Bertz CT molecular complexity index is 182. The molecule has 0 atom stereocenters. The van der Waals surface area contributed by atoms with Crippen LogP contribution in [0.2, 0.25) is 0 Å². The SMILES string of the molecule is C/C=C(/C#N)C=NC(C)C. The number of nitrogens with zero attached hydrogens (tertiary/aromatic N) is 2. The molecule has 0 spiro atoms. The maximum Gasteiger partial charge on any atom is 0.100 e. The summed E-state index contributed by atoms with van der Waals surface area (Å²) in [6, 6.07) is 2.29. The second kappa shape index (κ2) is 4.75. The van der Waals surface area contributed by atoms with Crippen molar-refractivity contribution in [1.82, 2.24) is 0 Å². The molecule has 0 aliphatic heterocycles. The maximum absolute atomic E-state index is 8.43. The van der Waals surface area contributed by atoms with E-state index in [0.29, 0.717) is 5.57 Å². The van der Waals surface area contributed by atoms with Gasteiger partial charge in [-0.2, -0.15) is 5.26 Å². The molecule has 0 aliphatic carbocycles. The quantitative estimate of drug-likeness (QED) is 0.422. The third kappa shape index (κ3) is 3.85. The van der Waals surface area contributed by atoms with E-state index in [4.69, 9.17) is 5.26 Å². The molecule has 0 unspecified atom stereocenters. The molecule has 10 heavy (non-hydrogen) atoms. The highest BCUT2D eigenvalue weighted by Gasteiger charge is 1.87. The Hall–Kier alpha value is -1.10. The Morgan fingerprint density at radius 2 is 2.20 bits per heavy atom. The molecule has 0 N–H and O–H groups in total. The minimum atomic E-state index is 0.267. The van der Waals surface area contributed by atoms with Gasteiger partial charge in [0.1, 0.15) is 6.07 Å². The summed E-state index contributed by atoms with van der Waals surface area (Å²) in [6.07, 6.45) is 3.34. The molecule has 0 saturated heterocycles. The molecular formula is C8H12N2. The van der Waals surface area contributed by atoms with Crippen molar-refractivity contribution in [2.24, 2.45) is 4.99 Å². The van der Waals surface area contributed by atoms with Crippen LogP contribution < -0.4 is 0 Å². The Morgan fingerprint density at radius 3 is 2.50 bits per heavy atom. The molecule has 0 fully saturated rings. The van der Waals surface area contributed by atoms with E-state index < -0.39 is 0 Å². The summed E-state index contributed by atoms with van der Waals surface area (Å²) in [7, 11) is 0. The predicted octanol–water partition coefficient (Wildman–Crippen LogP) is 1.94. The smallest absolute Gasteiger partial charge is 0.100 e. The van der Waals surface area contributed by atoms with Gasteiger partial charge in [-0.25, -0.2) is 0 Å². The lowest BCUT2D eigenvalue weighted by molar-refractivity contribution is 0.841. The topological polar surface area (TPSA) is 36.1 Å². The highest BCUT2D eigenvalue weighted by molar-refractivity contribution is 5.83. The second-order valence-corrected chi connectivity index (χ2v) is 2.23. The van der Waals surface area contributed by atoms with Crippen LogP contribution in [-0.2, 0) is 0 Å². The molecule has 0 aromatic carbocycles. The molecule has 0 amide bonds. The van der Waals surface area contributed by atoms with Crippen molar-refractivity contribution in [2.75, 3.05) is 0 Å². The first-order valence-corrected chi connectivity index (χ1v) is 3.30. The normalized spacial score (nSPS) is 12.5. The van der Waals surface area contributed by atoms with Crippen LogP contribution in [0.15, 0.2) is 16.6 Å². The van der Waals surface area contributed by atoms with Gasteiger partial charge in [0, 0.05) is 12.3 Å². The van der Waals surface area contributed by atoms with Crippen LogP contribution in [0.3, 0.4) is 0 Å². The van der Waals surface area contributed by atoms with Gasteiger partial charge in [-0.1, -0.05) is 6.08 Å². The standard InChI is InChI=1S/C8H12N2/c1-4-8(5-9)6-10-7(2)3/h4,6-7H,1-3H3/b8-4-,10-6?. The Labute approximate surface area is 61.9 Å². The van der Waals surface area contributed by atoms with Crippen molar-refractivity contribution in [3.05, 3.63) is 11.6 Å². The lowest BCUT2D eigenvalue weighted by Crippen LogP contribution is -1.89. The van der Waals surface area contributed by atoms with Gasteiger partial charge < -0.3 is 0 Å². The van der Waals surface area contributed by atoms with E-state index in [1.807, 2.05) is 26.8 Å². The monoisotopic (exact) mass is 136 g/mol. The molecular weight excluding hydrogens is 124 g/mol. The zero-order valence-corrected chi connectivity index (χ0v) is 6.63. The number of aliphatic imine (C=N–C) groups is 1. The zero-order valence-electron chi connectivity index (χ0n) is 6.63. The summed E-state index contributed by atoms with van der Waals surface area (Å²) in [5.41, 5.74) is 0.619. The summed E-state index contributed by atoms with van der Waals surface area (Å²) >= 11 is 0. The molecule has 54 valence electrons. The third-order valence-electron chi connectivity index (χ3n) is 0.952. The first kappa shape index (κ1) is 8.90. The summed E-state index contributed by atoms with van der Waals surface area (Å²) in [5, 5.41) is 8.43. The van der Waals surface area contributed by atoms with Gasteiger partial charge in [-0.15, -0.1) is 0 Å². The van der Waals surface area contributed by atoms with Crippen LogP contribution in [-0.4, -0.2) is 12.3 Å². The van der Waals surface area contributed by atoms with E-state index in [9.17, 15) is 0 Å². The average Bonchev–Trinajstić information content (AvgIpc) is 1.90. The van der Waals surface area contributed by atoms with Gasteiger partial charge in [0.2, 0.25) is 0 Å². The lowest BCUT2D eigenvalue weighted by Gasteiger charge is -1.91. The van der Waals surface area contributed by atoms with Gasteiger partial charge in [-0.3, -0.25) is 4.99 Å². The van der Waals surface area contributed by atoms with Gasteiger partial charge in [0.25, 0.3) is 0 Å². The molecule has 0 aliphatic rings. The summed E-state index contributed by atoms with van der Waals surface area (Å²) < 4.78 is 0. The molecule has 0 aromatic heterocycles. The van der Waals surface area contributed by atoms with Crippen molar-refractivity contribution in [3.8, 4) is 6.07 Å². The fourth-order valence-corrected chi connectivity index (χ4v) is 0.397. The number of hydrogen-bond acceptors (Lipinski definition) is 2. The van der Waals surface area contributed by atoms with Crippen LogP contribution in [0.4, 0.5) is 0 Å². The Balaban J connectivity index is 4.02. The summed E-state index contributed by atoms with van der Waals surface area (Å²) in [6.45, 7) is 5.77. The number of hydrogen-bond donors (Lipinski definition) is 0. The number of rotatable bonds is 2. The molecule has 0 heterocycles. The largest absolute Gasteiger partial charge is 0.289 e. The first-order chi connectivity index (χ1) is 4.70. The zero-order chi connectivity index (χ0) is 7.98. The fourth-order valence-electron chi connectivity index (χ4n) is 0.397. The van der Waals surface area contributed by atoms with Crippen LogP contribution in [0.1, 0.15) is 20.8 Å². The Kier molecular flexibility index (Phi) is 4.23. The minimum Gasteiger partial charge on any atom is -0.289 e. The number of allylic oxidation sites excluding steroid dienone is 2. The molecule has 0 bridgehead atoms. The highest BCUT2D eigenvalue weighted by Crippen LogP contribution is 1.89. The first-order valence-electron chi connectivity index (χ1n) is 3.30. The van der Waals surface area contributed by atoms with E-state index in [0.717, 1.165) is 0 Å². The summed E-state index contributed by atoms with van der Waals surface area (Å²) in [4.78, 5) is 4.05. The van der Waals surface area contributed by atoms with E-state index in [-0.39, 0.29) is 6.04 Å². The molecule has 0 radical (unpaired) electrons. The van der Waals surface area contributed by atoms with Crippen LogP contribution >= 0.6 is 0 Å². The second-order valence-electron chi connectivity index (χ2n) is 2.23. The minimum absolute atomic E-state index is 0.267. The van der Waals surface area contributed by atoms with E-state index in [2.05, 4.69) is 4.99 Å². The van der Waals surface area contributed by atoms with Crippen LogP contribution in [0.5, 0.6) is 0 Å².